The largest absolute Gasteiger partial charge is 0.384 e. The number of benzene rings is 1. The fraction of sp³-hybridized carbons (Fsp3) is 0.647. The highest BCUT2D eigenvalue weighted by molar-refractivity contribution is 5.61. The number of para-hydroxylation sites is 1. The van der Waals surface area contributed by atoms with Crippen molar-refractivity contribution in [1.29, 1.82) is 0 Å². The zero-order valence-corrected chi connectivity index (χ0v) is 12.2. The van der Waals surface area contributed by atoms with Crippen LogP contribution in [0.15, 0.2) is 18.2 Å². The van der Waals surface area contributed by atoms with Crippen molar-refractivity contribution in [1.82, 2.24) is 4.90 Å². The predicted octanol–water partition coefficient (Wildman–Crippen LogP) is 2.66. The lowest BCUT2D eigenvalue weighted by Crippen LogP contribution is -2.32. The molecule has 108 valence electrons. The lowest BCUT2D eigenvalue weighted by atomic mass is 9.80. The lowest BCUT2D eigenvalue weighted by molar-refractivity contribution is 0.0190. The molecule has 20 heavy (non-hydrogen) atoms. The molecule has 0 radical (unpaired) electrons. The van der Waals surface area contributed by atoms with E-state index in [2.05, 4.69) is 28.4 Å². The number of likely N-dealkylation sites (tertiary alicyclic amines) is 1. The van der Waals surface area contributed by atoms with Crippen LogP contribution in [-0.2, 0) is 17.7 Å². The fourth-order valence-corrected chi connectivity index (χ4v) is 4.16. The molecular weight excluding hydrogens is 248 g/mol. The number of nitrogens with one attached hydrogen (secondary N) is 1. The number of fused-ring (bicyclic) bond motifs is 1. The minimum atomic E-state index is 0.559. The highest BCUT2D eigenvalue weighted by atomic mass is 16.5. The van der Waals surface area contributed by atoms with Crippen molar-refractivity contribution in [3.63, 3.8) is 0 Å². The van der Waals surface area contributed by atoms with Crippen LogP contribution in [0.1, 0.15) is 30.4 Å². The van der Waals surface area contributed by atoms with Gasteiger partial charge < -0.3 is 10.1 Å². The Bertz CT molecular complexity index is 494. The molecule has 0 aromatic heterocycles. The Morgan fingerprint density at radius 3 is 3.00 bits per heavy atom. The first-order valence-corrected chi connectivity index (χ1v) is 7.99. The summed E-state index contributed by atoms with van der Waals surface area (Å²) in [5, 5.41) is 3.57. The van der Waals surface area contributed by atoms with Crippen molar-refractivity contribution in [2.24, 2.45) is 5.41 Å². The zero-order valence-electron chi connectivity index (χ0n) is 12.2. The third-order valence-electron chi connectivity index (χ3n) is 5.40. The maximum absolute atomic E-state index is 5.54. The summed E-state index contributed by atoms with van der Waals surface area (Å²) in [4.78, 5) is 2.65. The van der Waals surface area contributed by atoms with Crippen molar-refractivity contribution in [3.8, 4) is 0 Å². The second-order valence-electron chi connectivity index (χ2n) is 6.70. The molecule has 2 fully saturated rings. The van der Waals surface area contributed by atoms with Crippen molar-refractivity contribution in [2.75, 3.05) is 38.2 Å². The quantitative estimate of drug-likeness (QED) is 0.896. The van der Waals surface area contributed by atoms with Gasteiger partial charge in [0, 0.05) is 38.5 Å². The summed E-state index contributed by atoms with van der Waals surface area (Å²) < 4.78 is 5.54. The normalized spacial score (nSPS) is 24.8. The monoisotopic (exact) mass is 272 g/mol. The molecule has 1 spiro atoms. The zero-order chi connectivity index (χ0) is 13.4. The van der Waals surface area contributed by atoms with Crippen LogP contribution in [0.3, 0.4) is 0 Å². The van der Waals surface area contributed by atoms with Crippen molar-refractivity contribution in [2.45, 2.75) is 32.2 Å². The second kappa shape index (κ2) is 5.05. The van der Waals surface area contributed by atoms with Crippen LogP contribution in [-0.4, -0.2) is 37.7 Å². The minimum Gasteiger partial charge on any atom is -0.384 e. The smallest absolute Gasteiger partial charge is 0.0471 e. The Kier molecular flexibility index (Phi) is 3.20. The Labute approximate surface area is 121 Å². The van der Waals surface area contributed by atoms with Crippen LogP contribution in [0.25, 0.3) is 0 Å². The molecule has 1 aromatic carbocycles. The summed E-state index contributed by atoms with van der Waals surface area (Å²) in [6.45, 7) is 6.67. The molecule has 0 unspecified atom stereocenters. The Morgan fingerprint density at radius 1 is 1.20 bits per heavy atom. The molecule has 0 bridgehead atoms. The van der Waals surface area contributed by atoms with Gasteiger partial charge in [0.05, 0.1) is 0 Å². The summed E-state index contributed by atoms with van der Waals surface area (Å²) in [6.07, 6.45) is 5.06. The maximum Gasteiger partial charge on any atom is 0.0471 e. The van der Waals surface area contributed by atoms with Crippen LogP contribution in [0.2, 0.25) is 0 Å². The lowest BCUT2D eigenvalue weighted by Gasteiger charge is -2.33. The van der Waals surface area contributed by atoms with Gasteiger partial charge in [0.2, 0.25) is 0 Å². The first kappa shape index (κ1) is 12.7. The standard InChI is InChI=1S/C17H24N2O/c1-2-14-4-8-18-16(14)15(3-1)12-19-9-5-17(13-19)6-10-20-11-7-17/h1-3,18H,4-13H2. The van der Waals surface area contributed by atoms with Gasteiger partial charge in [-0.15, -0.1) is 0 Å². The average molecular weight is 272 g/mol. The SMILES string of the molecule is c1cc2c(c(CN3CCC4(CCOCC4)C3)c1)NCC2. The van der Waals surface area contributed by atoms with Gasteiger partial charge in [-0.2, -0.15) is 0 Å². The summed E-state index contributed by atoms with van der Waals surface area (Å²) in [5.41, 5.74) is 4.97. The van der Waals surface area contributed by atoms with Crippen LogP contribution >= 0.6 is 0 Å². The molecule has 3 aliphatic rings. The van der Waals surface area contributed by atoms with E-state index in [1.54, 1.807) is 0 Å². The van der Waals surface area contributed by atoms with E-state index < -0.39 is 0 Å². The number of hydrogen-bond donors (Lipinski definition) is 1. The van der Waals surface area contributed by atoms with Gasteiger partial charge in [0.15, 0.2) is 0 Å². The van der Waals surface area contributed by atoms with Crippen molar-refractivity contribution < 1.29 is 4.74 Å². The topological polar surface area (TPSA) is 24.5 Å². The van der Waals surface area contributed by atoms with Gasteiger partial charge >= 0.3 is 0 Å². The van der Waals surface area contributed by atoms with E-state index in [0.717, 1.165) is 26.3 Å². The number of nitrogens with zero attached hydrogens (tertiary/aromatic N) is 1. The number of anilines is 1. The third-order valence-corrected chi connectivity index (χ3v) is 5.40. The molecule has 0 amide bonds. The van der Waals surface area contributed by atoms with Crippen molar-refractivity contribution >= 4 is 5.69 Å². The highest BCUT2D eigenvalue weighted by Crippen LogP contribution is 2.40. The van der Waals surface area contributed by atoms with Gasteiger partial charge in [-0.05, 0) is 48.8 Å². The van der Waals surface area contributed by atoms with Gasteiger partial charge in [-0.3, -0.25) is 4.90 Å². The molecule has 3 heteroatoms. The molecule has 3 nitrogen and oxygen atoms in total. The van der Waals surface area contributed by atoms with E-state index in [9.17, 15) is 0 Å². The Hall–Kier alpha value is -1.06. The van der Waals surface area contributed by atoms with Gasteiger partial charge in [0.25, 0.3) is 0 Å². The molecule has 0 saturated carbocycles. The van der Waals surface area contributed by atoms with E-state index >= 15 is 0 Å². The molecule has 0 aliphatic carbocycles. The van der Waals surface area contributed by atoms with Crippen LogP contribution in [0.5, 0.6) is 0 Å². The molecule has 2 saturated heterocycles. The van der Waals surface area contributed by atoms with E-state index in [0.29, 0.717) is 5.41 Å². The van der Waals surface area contributed by atoms with E-state index in [1.807, 2.05) is 0 Å². The molecule has 1 aromatic rings. The number of rotatable bonds is 2. The van der Waals surface area contributed by atoms with Gasteiger partial charge in [-0.25, -0.2) is 0 Å². The van der Waals surface area contributed by atoms with Crippen LogP contribution in [0, 0.1) is 5.41 Å². The van der Waals surface area contributed by atoms with Gasteiger partial charge in [0.1, 0.15) is 0 Å². The van der Waals surface area contributed by atoms with Crippen molar-refractivity contribution in [3.05, 3.63) is 29.3 Å². The molecule has 3 aliphatic heterocycles. The summed E-state index contributed by atoms with van der Waals surface area (Å²) in [7, 11) is 0. The summed E-state index contributed by atoms with van der Waals surface area (Å²) in [6, 6.07) is 6.79. The second-order valence-corrected chi connectivity index (χ2v) is 6.70. The molecule has 0 atom stereocenters. The molecule has 1 N–H and O–H groups in total. The predicted molar refractivity (Wildman–Crippen MR) is 81.0 cm³/mol. The first-order valence-electron chi connectivity index (χ1n) is 7.99. The maximum atomic E-state index is 5.54. The number of hydrogen-bond acceptors (Lipinski definition) is 3. The highest BCUT2D eigenvalue weighted by Gasteiger charge is 2.39. The summed E-state index contributed by atoms with van der Waals surface area (Å²) >= 11 is 0. The van der Waals surface area contributed by atoms with E-state index in [1.165, 1.54) is 55.6 Å². The molecule has 3 heterocycles. The Balaban J connectivity index is 1.47. The van der Waals surface area contributed by atoms with Gasteiger partial charge in [-0.1, -0.05) is 18.2 Å². The number of ether oxygens (including phenoxy) is 1. The van der Waals surface area contributed by atoms with E-state index in [-0.39, 0.29) is 0 Å². The van der Waals surface area contributed by atoms with Crippen LogP contribution in [0.4, 0.5) is 5.69 Å². The molecule has 4 rings (SSSR count). The third kappa shape index (κ3) is 2.23. The fourth-order valence-electron chi connectivity index (χ4n) is 4.16. The first-order chi connectivity index (χ1) is 9.85. The minimum absolute atomic E-state index is 0.559. The van der Waals surface area contributed by atoms with Crippen LogP contribution < -0.4 is 5.32 Å². The van der Waals surface area contributed by atoms with E-state index in [4.69, 9.17) is 4.74 Å². The molecular formula is C17H24N2O. The summed E-state index contributed by atoms with van der Waals surface area (Å²) in [5.74, 6) is 0. The Morgan fingerprint density at radius 2 is 2.10 bits per heavy atom. The average Bonchev–Trinajstić information content (AvgIpc) is 3.08.